The van der Waals surface area contributed by atoms with Crippen LogP contribution in [0.5, 0.6) is 0 Å². The van der Waals surface area contributed by atoms with E-state index in [0.29, 0.717) is 11.5 Å². The van der Waals surface area contributed by atoms with Crippen LogP contribution in [-0.2, 0) is 5.75 Å². The molecule has 0 spiro atoms. The van der Waals surface area contributed by atoms with Crippen molar-refractivity contribution in [3.05, 3.63) is 48.3 Å². The highest BCUT2D eigenvalue weighted by atomic mass is 32.2. The Bertz CT molecular complexity index is 389. The normalized spacial score (nSPS) is 10.3. The fourth-order valence-corrected chi connectivity index (χ4v) is 1.69. The summed E-state index contributed by atoms with van der Waals surface area (Å²) in [4.78, 5) is 11.4. The molecule has 72 valence electrons. The zero-order valence-corrected chi connectivity index (χ0v) is 8.12. The van der Waals surface area contributed by atoms with Crippen molar-refractivity contribution in [2.24, 2.45) is 0 Å². The quantitative estimate of drug-likeness (QED) is 0.777. The van der Waals surface area contributed by atoms with Crippen molar-refractivity contribution in [1.29, 1.82) is 0 Å². The Morgan fingerprint density at radius 2 is 2.00 bits per heavy atom. The highest BCUT2D eigenvalue weighted by Gasteiger charge is 2.09. The predicted molar refractivity (Wildman–Crippen MR) is 53.0 cm³/mol. The monoisotopic (exact) mass is 208 g/mol. The smallest absolute Gasteiger partial charge is 0.255 e. The van der Waals surface area contributed by atoms with Crippen LogP contribution >= 0.6 is 11.8 Å². The Labute approximate surface area is 85.1 Å². The van der Waals surface area contributed by atoms with Gasteiger partial charge < -0.3 is 8.83 Å². The third kappa shape index (κ3) is 2.09. The van der Waals surface area contributed by atoms with Crippen LogP contribution in [0.1, 0.15) is 16.3 Å². The third-order valence-corrected chi connectivity index (χ3v) is 2.54. The summed E-state index contributed by atoms with van der Waals surface area (Å²) >= 11 is 1.17. The van der Waals surface area contributed by atoms with Gasteiger partial charge in [0.25, 0.3) is 5.12 Å². The first kappa shape index (κ1) is 9.15. The fraction of sp³-hybridized carbons (Fsp3) is 0.100. The molecule has 0 aliphatic rings. The number of hydrogen-bond donors (Lipinski definition) is 0. The van der Waals surface area contributed by atoms with E-state index in [4.69, 9.17) is 8.83 Å². The molecule has 0 fully saturated rings. The lowest BCUT2D eigenvalue weighted by molar-refractivity contribution is 0.106. The van der Waals surface area contributed by atoms with Crippen molar-refractivity contribution in [2.75, 3.05) is 0 Å². The highest BCUT2D eigenvalue weighted by Crippen LogP contribution is 2.18. The van der Waals surface area contributed by atoms with Gasteiger partial charge in [0, 0.05) is 0 Å². The maximum absolute atomic E-state index is 11.4. The molecule has 0 amide bonds. The SMILES string of the molecule is O=C(SCc1ccco1)c1ccco1. The molecular weight excluding hydrogens is 200 g/mol. The molecule has 0 saturated heterocycles. The van der Waals surface area contributed by atoms with E-state index in [1.165, 1.54) is 18.0 Å². The van der Waals surface area contributed by atoms with Crippen LogP contribution in [0.25, 0.3) is 0 Å². The molecule has 2 aromatic rings. The van der Waals surface area contributed by atoms with E-state index in [1.807, 2.05) is 6.07 Å². The van der Waals surface area contributed by atoms with E-state index in [0.717, 1.165) is 5.76 Å². The Balaban J connectivity index is 1.90. The van der Waals surface area contributed by atoms with E-state index in [2.05, 4.69) is 0 Å². The Hall–Kier alpha value is -1.42. The van der Waals surface area contributed by atoms with Gasteiger partial charge in [0.2, 0.25) is 0 Å². The third-order valence-electron chi connectivity index (χ3n) is 1.65. The maximum atomic E-state index is 11.4. The summed E-state index contributed by atoms with van der Waals surface area (Å²) in [5.74, 6) is 1.70. The molecule has 0 aromatic carbocycles. The van der Waals surface area contributed by atoms with Gasteiger partial charge in [-0.25, -0.2) is 0 Å². The standard InChI is InChI=1S/C10H8O3S/c11-10(9-4-2-6-13-9)14-7-8-3-1-5-12-8/h1-6H,7H2. The largest absolute Gasteiger partial charge is 0.468 e. The molecule has 2 heterocycles. The molecule has 0 atom stereocenters. The maximum Gasteiger partial charge on any atom is 0.255 e. The zero-order chi connectivity index (χ0) is 9.80. The second kappa shape index (κ2) is 4.19. The molecule has 0 saturated carbocycles. The fourth-order valence-electron chi connectivity index (χ4n) is 0.997. The molecule has 2 aromatic heterocycles. The molecule has 2 rings (SSSR count). The van der Waals surface area contributed by atoms with E-state index in [1.54, 1.807) is 24.5 Å². The van der Waals surface area contributed by atoms with Crippen molar-refractivity contribution in [3.63, 3.8) is 0 Å². The lowest BCUT2D eigenvalue weighted by Crippen LogP contribution is -1.90. The lowest BCUT2D eigenvalue weighted by atomic mass is 10.5. The molecule has 0 radical (unpaired) electrons. The number of carbonyl (C=O) groups excluding carboxylic acids is 1. The number of rotatable bonds is 3. The topological polar surface area (TPSA) is 43.4 Å². The molecule has 0 aliphatic heterocycles. The Morgan fingerprint density at radius 1 is 1.21 bits per heavy atom. The van der Waals surface area contributed by atoms with Crippen LogP contribution in [0.4, 0.5) is 0 Å². The van der Waals surface area contributed by atoms with Crippen LogP contribution in [0, 0.1) is 0 Å². The minimum absolute atomic E-state index is 0.0774. The van der Waals surface area contributed by atoms with Crippen LogP contribution in [0.3, 0.4) is 0 Å². The average Bonchev–Trinajstić information content (AvgIpc) is 2.87. The van der Waals surface area contributed by atoms with Crippen LogP contribution in [-0.4, -0.2) is 5.12 Å². The highest BCUT2D eigenvalue weighted by molar-refractivity contribution is 8.13. The van der Waals surface area contributed by atoms with Crippen molar-refractivity contribution in [1.82, 2.24) is 0 Å². The first-order valence-corrected chi connectivity index (χ1v) is 5.08. The van der Waals surface area contributed by atoms with E-state index in [9.17, 15) is 4.79 Å². The minimum atomic E-state index is -0.0774. The van der Waals surface area contributed by atoms with Gasteiger partial charge in [-0.1, -0.05) is 11.8 Å². The molecule has 14 heavy (non-hydrogen) atoms. The predicted octanol–water partition coefficient (Wildman–Crippen LogP) is 2.95. The summed E-state index contributed by atoms with van der Waals surface area (Å²) in [5, 5.41) is -0.0774. The summed E-state index contributed by atoms with van der Waals surface area (Å²) in [7, 11) is 0. The molecule has 0 aliphatic carbocycles. The van der Waals surface area contributed by atoms with E-state index in [-0.39, 0.29) is 5.12 Å². The first-order chi connectivity index (χ1) is 6.86. The summed E-state index contributed by atoms with van der Waals surface area (Å²) in [6, 6.07) is 6.98. The van der Waals surface area contributed by atoms with Crippen LogP contribution in [0.2, 0.25) is 0 Å². The summed E-state index contributed by atoms with van der Waals surface area (Å²) in [5.41, 5.74) is 0. The molecule has 4 heteroatoms. The molecule has 0 bridgehead atoms. The summed E-state index contributed by atoms with van der Waals surface area (Å²) < 4.78 is 10.1. The van der Waals surface area contributed by atoms with Gasteiger partial charge in [-0.3, -0.25) is 4.79 Å². The van der Waals surface area contributed by atoms with Gasteiger partial charge in [-0.2, -0.15) is 0 Å². The second-order valence-corrected chi connectivity index (χ2v) is 3.58. The van der Waals surface area contributed by atoms with Gasteiger partial charge in [0.15, 0.2) is 5.76 Å². The van der Waals surface area contributed by atoms with Crippen molar-refractivity contribution in [3.8, 4) is 0 Å². The van der Waals surface area contributed by atoms with Gasteiger partial charge in [-0.15, -0.1) is 0 Å². The summed E-state index contributed by atoms with van der Waals surface area (Å²) in [6.45, 7) is 0. The summed E-state index contributed by atoms with van der Waals surface area (Å²) in [6.07, 6.45) is 3.08. The number of thioether (sulfide) groups is 1. The average molecular weight is 208 g/mol. The van der Waals surface area contributed by atoms with Gasteiger partial charge >= 0.3 is 0 Å². The van der Waals surface area contributed by atoms with Crippen molar-refractivity contribution >= 4 is 16.9 Å². The van der Waals surface area contributed by atoms with E-state index < -0.39 is 0 Å². The number of hydrogen-bond acceptors (Lipinski definition) is 4. The van der Waals surface area contributed by atoms with Gasteiger partial charge in [0.1, 0.15) is 5.76 Å². The Morgan fingerprint density at radius 3 is 2.64 bits per heavy atom. The number of furan rings is 2. The lowest BCUT2D eigenvalue weighted by Gasteiger charge is -1.94. The van der Waals surface area contributed by atoms with Crippen molar-refractivity contribution in [2.45, 2.75) is 5.75 Å². The zero-order valence-electron chi connectivity index (χ0n) is 7.30. The molecular formula is C10H8O3S. The van der Waals surface area contributed by atoms with Crippen LogP contribution < -0.4 is 0 Å². The minimum Gasteiger partial charge on any atom is -0.468 e. The van der Waals surface area contributed by atoms with Crippen LogP contribution in [0.15, 0.2) is 45.6 Å². The Kier molecular flexibility index (Phi) is 2.74. The molecule has 3 nitrogen and oxygen atoms in total. The first-order valence-electron chi connectivity index (χ1n) is 4.09. The second-order valence-electron chi connectivity index (χ2n) is 2.63. The van der Waals surface area contributed by atoms with Gasteiger partial charge in [-0.05, 0) is 24.3 Å². The molecule has 0 unspecified atom stereocenters. The number of carbonyl (C=O) groups is 1. The molecule has 0 N–H and O–H groups in total. The van der Waals surface area contributed by atoms with Gasteiger partial charge in [0.05, 0.1) is 18.3 Å². The van der Waals surface area contributed by atoms with Crippen molar-refractivity contribution < 1.29 is 13.6 Å². The van der Waals surface area contributed by atoms with E-state index >= 15 is 0 Å².